The summed E-state index contributed by atoms with van der Waals surface area (Å²) in [4.78, 5) is 2.00. The van der Waals surface area contributed by atoms with Gasteiger partial charge in [0.25, 0.3) is 0 Å². The molecule has 62 valence electrons. The zero-order chi connectivity index (χ0) is 7.90. The number of nitrogens with zero attached hydrogens (tertiary/aromatic N) is 1. The fraction of sp³-hybridized carbons (Fsp3) is 0.750. The summed E-state index contributed by atoms with van der Waals surface area (Å²) in [5.41, 5.74) is -0.348. The molecule has 2 nitrogen and oxygen atoms in total. The van der Waals surface area contributed by atoms with Crippen molar-refractivity contribution in [3.63, 3.8) is 0 Å². The molecule has 1 fully saturated rings. The highest BCUT2D eigenvalue weighted by Crippen LogP contribution is 2.35. The summed E-state index contributed by atoms with van der Waals surface area (Å²) in [5, 5.41) is 9.09. The Morgan fingerprint density at radius 2 is 2.55 bits per heavy atom. The molecule has 0 saturated carbocycles. The van der Waals surface area contributed by atoms with Crippen molar-refractivity contribution < 1.29 is 9.50 Å². The van der Waals surface area contributed by atoms with Crippen LogP contribution in [0.25, 0.3) is 0 Å². The van der Waals surface area contributed by atoms with Gasteiger partial charge in [-0.15, -0.1) is 0 Å². The molecule has 0 aliphatic carbocycles. The van der Waals surface area contributed by atoms with Crippen LogP contribution < -0.4 is 0 Å². The van der Waals surface area contributed by atoms with Crippen LogP contribution in [0.5, 0.6) is 0 Å². The van der Waals surface area contributed by atoms with Gasteiger partial charge in [-0.1, -0.05) is 12.2 Å². The van der Waals surface area contributed by atoms with E-state index in [1.165, 1.54) is 0 Å². The van der Waals surface area contributed by atoms with Gasteiger partial charge in [0.15, 0.2) is 0 Å². The summed E-state index contributed by atoms with van der Waals surface area (Å²) in [6.45, 7) is 1.32. The lowest BCUT2D eigenvalue weighted by atomic mass is 9.99. The third kappa shape index (κ3) is 0.914. The van der Waals surface area contributed by atoms with Crippen LogP contribution in [0.4, 0.5) is 4.39 Å². The van der Waals surface area contributed by atoms with E-state index in [4.69, 9.17) is 5.11 Å². The smallest absolute Gasteiger partial charge is 0.115 e. The number of alkyl halides is 1. The Balaban J connectivity index is 2.21. The molecule has 2 atom stereocenters. The predicted molar refractivity (Wildman–Crippen MR) is 40.0 cm³/mol. The Morgan fingerprint density at radius 1 is 1.73 bits per heavy atom. The second kappa shape index (κ2) is 2.29. The number of aliphatic hydroxyl groups excluding tert-OH is 1. The van der Waals surface area contributed by atoms with Crippen LogP contribution in [0.15, 0.2) is 12.2 Å². The predicted octanol–water partition coefficient (Wildman–Crippen LogP) is 0.331. The molecule has 0 unspecified atom stereocenters. The van der Waals surface area contributed by atoms with Gasteiger partial charge in [-0.3, -0.25) is 4.90 Å². The van der Waals surface area contributed by atoms with Gasteiger partial charge < -0.3 is 5.11 Å². The first-order valence-corrected chi connectivity index (χ1v) is 3.94. The van der Waals surface area contributed by atoms with Crippen molar-refractivity contribution in [2.45, 2.75) is 18.1 Å². The minimum Gasteiger partial charge on any atom is -0.394 e. The molecule has 1 saturated heterocycles. The van der Waals surface area contributed by atoms with E-state index >= 15 is 0 Å². The number of hydrogen-bond donors (Lipinski definition) is 1. The summed E-state index contributed by atoms with van der Waals surface area (Å²) in [6, 6.07) is 0. The van der Waals surface area contributed by atoms with Crippen molar-refractivity contribution in [3.05, 3.63) is 12.2 Å². The largest absolute Gasteiger partial charge is 0.394 e. The maximum Gasteiger partial charge on any atom is 0.115 e. The van der Waals surface area contributed by atoms with Gasteiger partial charge in [0, 0.05) is 19.5 Å². The van der Waals surface area contributed by atoms with Gasteiger partial charge in [-0.05, 0) is 0 Å². The minimum atomic E-state index is -0.757. The maximum atomic E-state index is 12.9. The molecule has 0 radical (unpaired) electrons. The number of hydrogen-bond acceptors (Lipinski definition) is 2. The molecular weight excluding hydrogens is 145 g/mol. The third-order valence-electron chi connectivity index (χ3n) is 2.65. The molecular formula is C8H12FNO. The second-order valence-electron chi connectivity index (χ2n) is 3.37. The SMILES string of the molecule is OC[C@@]12C=CCN1C[C@H](F)C2. The Bertz CT molecular complexity index is 195. The molecule has 2 heterocycles. The molecule has 0 amide bonds. The van der Waals surface area contributed by atoms with E-state index in [0.29, 0.717) is 13.0 Å². The zero-order valence-corrected chi connectivity index (χ0v) is 6.33. The molecule has 0 spiro atoms. The molecule has 2 aliphatic rings. The van der Waals surface area contributed by atoms with E-state index in [1.54, 1.807) is 0 Å². The first-order chi connectivity index (χ1) is 5.27. The monoisotopic (exact) mass is 157 g/mol. The van der Waals surface area contributed by atoms with E-state index < -0.39 is 6.17 Å². The highest BCUT2D eigenvalue weighted by Gasteiger charge is 2.45. The highest BCUT2D eigenvalue weighted by atomic mass is 19.1. The van der Waals surface area contributed by atoms with Crippen molar-refractivity contribution in [1.82, 2.24) is 4.90 Å². The van der Waals surface area contributed by atoms with Gasteiger partial charge in [0.2, 0.25) is 0 Å². The van der Waals surface area contributed by atoms with Crippen molar-refractivity contribution in [3.8, 4) is 0 Å². The highest BCUT2D eigenvalue weighted by molar-refractivity contribution is 5.19. The van der Waals surface area contributed by atoms with Crippen LogP contribution >= 0.6 is 0 Å². The van der Waals surface area contributed by atoms with Crippen LogP contribution in [-0.4, -0.2) is 41.4 Å². The van der Waals surface area contributed by atoms with Crippen molar-refractivity contribution in [2.24, 2.45) is 0 Å². The van der Waals surface area contributed by atoms with Gasteiger partial charge in [0.1, 0.15) is 6.17 Å². The van der Waals surface area contributed by atoms with Crippen LogP contribution in [0, 0.1) is 0 Å². The van der Waals surface area contributed by atoms with Gasteiger partial charge >= 0.3 is 0 Å². The lowest BCUT2D eigenvalue weighted by Gasteiger charge is -2.27. The zero-order valence-electron chi connectivity index (χ0n) is 6.33. The fourth-order valence-electron chi connectivity index (χ4n) is 2.04. The van der Waals surface area contributed by atoms with Crippen molar-refractivity contribution >= 4 is 0 Å². The normalized spacial score (nSPS) is 43.3. The summed E-state index contributed by atoms with van der Waals surface area (Å²) in [5.74, 6) is 0. The van der Waals surface area contributed by atoms with Crippen molar-refractivity contribution in [1.29, 1.82) is 0 Å². The molecule has 3 heteroatoms. The number of fused-ring (bicyclic) bond motifs is 1. The average molecular weight is 157 g/mol. The summed E-state index contributed by atoms with van der Waals surface area (Å²) in [7, 11) is 0. The van der Waals surface area contributed by atoms with Gasteiger partial charge in [-0.2, -0.15) is 0 Å². The second-order valence-corrected chi connectivity index (χ2v) is 3.37. The topological polar surface area (TPSA) is 23.5 Å². The molecule has 0 aromatic carbocycles. The van der Waals surface area contributed by atoms with Gasteiger partial charge in [0.05, 0.1) is 12.1 Å². The number of halogens is 1. The van der Waals surface area contributed by atoms with E-state index in [-0.39, 0.29) is 12.1 Å². The first kappa shape index (κ1) is 7.25. The van der Waals surface area contributed by atoms with E-state index in [0.717, 1.165) is 6.54 Å². The third-order valence-corrected chi connectivity index (χ3v) is 2.65. The molecule has 0 aromatic rings. The number of rotatable bonds is 1. The molecule has 0 aromatic heterocycles. The van der Waals surface area contributed by atoms with Crippen LogP contribution in [0.1, 0.15) is 6.42 Å². The standard InChI is InChI=1S/C8H12FNO/c9-7-4-8(6-11)2-1-3-10(8)5-7/h1-2,7,11H,3-6H2/t7-,8+/m1/s1. The van der Waals surface area contributed by atoms with E-state index in [1.807, 2.05) is 17.1 Å². The van der Waals surface area contributed by atoms with Crippen LogP contribution in [0.2, 0.25) is 0 Å². The number of aliphatic hydroxyl groups is 1. The average Bonchev–Trinajstić information content (AvgIpc) is 2.43. The molecule has 1 N–H and O–H groups in total. The maximum absolute atomic E-state index is 12.9. The van der Waals surface area contributed by atoms with Crippen LogP contribution in [-0.2, 0) is 0 Å². The summed E-state index contributed by atoms with van der Waals surface area (Å²) < 4.78 is 12.9. The lowest BCUT2D eigenvalue weighted by molar-refractivity contribution is 0.124. The fourth-order valence-corrected chi connectivity index (χ4v) is 2.04. The van der Waals surface area contributed by atoms with Gasteiger partial charge in [-0.25, -0.2) is 4.39 Å². The van der Waals surface area contributed by atoms with Crippen molar-refractivity contribution in [2.75, 3.05) is 19.7 Å². The molecule has 2 rings (SSSR count). The summed E-state index contributed by atoms with van der Waals surface area (Å²) in [6.07, 6.45) is 3.64. The Labute approximate surface area is 65.3 Å². The first-order valence-electron chi connectivity index (χ1n) is 3.94. The summed E-state index contributed by atoms with van der Waals surface area (Å²) >= 11 is 0. The Kier molecular flexibility index (Phi) is 1.51. The molecule has 11 heavy (non-hydrogen) atoms. The Morgan fingerprint density at radius 3 is 3.18 bits per heavy atom. The quantitative estimate of drug-likeness (QED) is 0.554. The lowest BCUT2D eigenvalue weighted by Crippen LogP contribution is -2.41. The Hall–Kier alpha value is -0.410. The molecule has 2 aliphatic heterocycles. The minimum absolute atomic E-state index is 0.0456. The molecule has 0 bridgehead atoms. The van der Waals surface area contributed by atoms with E-state index in [2.05, 4.69) is 0 Å². The van der Waals surface area contributed by atoms with Crippen LogP contribution in [0.3, 0.4) is 0 Å². The van der Waals surface area contributed by atoms with E-state index in [9.17, 15) is 4.39 Å².